The Morgan fingerprint density at radius 1 is 1.09 bits per heavy atom. The van der Waals surface area contributed by atoms with Crippen LogP contribution in [0.1, 0.15) is 19.4 Å². The lowest BCUT2D eigenvalue weighted by atomic mass is 10.1. The Bertz CT molecular complexity index is 456. The van der Waals surface area contributed by atoms with Crippen molar-refractivity contribution in [2.45, 2.75) is 26.0 Å². The summed E-state index contributed by atoms with van der Waals surface area (Å²) in [6, 6.07) is 5.89. The average molecular weight is 310 g/mol. The third kappa shape index (κ3) is 6.22. The topological polar surface area (TPSA) is 45.2 Å². The number of hydrogen-bond acceptors (Lipinski definition) is 5. The van der Waals surface area contributed by atoms with Crippen LogP contribution >= 0.6 is 0 Å². The number of nitrogens with zero attached hydrogens (tertiary/aromatic N) is 2. The van der Waals surface area contributed by atoms with Gasteiger partial charge in [0.15, 0.2) is 11.5 Å². The van der Waals surface area contributed by atoms with E-state index in [9.17, 15) is 5.11 Å². The molecule has 0 atom stereocenters. The monoisotopic (exact) mass is 310 g/mol. The quantitative estimate of drug-likeness (QED) is 0.754. The molecule has 5 nitrogen and oxygen atoms in total. The second-order valence-corrected chi connectivity index (χ2v) is 6.48. The van der Waals surface area contributed by atoms with E-state index in [4.69, 9.17) is 9.47 Å². The standard InChI is InChI=1S/C17H30N2O3/c1-17(2,20)13-19(11-10-18(3)4)12-14-8-7-9-15(21-5)16(14)22-6/h7-9,20H,10-13H2,1-6H3. The van der Waals surface area contributed by atoms with Gasteiger partial charge in [-0.2, -0.15) is 0 Å². The molecule has 1 aromatic carbocycles. The molecule has 0 unspecified atom stereocenters. The fourth-order valence-electron chi connectivity index (χ4n) is 2.42. The van der Waals surface area contributed by atoms with E-state index in [2.05, 4.69) is 9.80 Å². The van der Waals surface area contributed by atoms with E-state index in [0.717, 1.165) is 30.2 Å². The van der Waals surface area contributed by atoms with Crippen molar-refractivity contribution in [3.63, 3.8) is 0 Å². The number of aliphatic hydroxyl groups is 1. The summed E-state index contributed by atoms with van der Waals surface area (Å²) in [6.07, 6.45) is 0. The maximum Gasteiger partial charge on any atom is 0.165 e. The van der Waals surface area contributed by atoms with Gasteiger partial charge in [-0.15, -0.1) is 0 Å². The van der Waals surface area contributed by atoms with Crippen molar-refractivity contribution in [2.24, 2.45) is 0 Å². The van der Waals surface area contributed by atoms with Crippen molar-refractivity contribution in [3.8, 4) is 11.5 Å². The molecule has 0 aromatic heterocycles. The number of benzene rings is 1. The van der Waals surface area contributed by atoms with Gasteiger partial charge in [-0.25, -0.2) is 0 Å². The zero-order valence-corrected chi connectivity index (χ0v) is 14.7. The van der Waals surface area contributed by atoms with E-state index in [-0.39, 0.29) is 0 Å². The van der Waals surface area contributed by atoms with Gasteiger partial charge in [0.25, 0.3) is 0 Å². The zero-order chi connectivity index (χ0) is 16.8. The first-order valence-corrected chi connectivity index (χ1v) is 7.56. The van der Waals surface area contributed by atoms with Crippen molar-refractivity contribution in [3.05, 3.63) is 23.8 Å². The second kappa shape index (κ2) is 8.36. The van der Waals surface area contributed by atoms with Crippen molar-refractivity contribution >= 4 is 0 Å². The van der Waals surface area contributed by atoms with Crippen molar-refractivity contribution in [1.29, 1.82) is 0 Å². The molecule has 0 aliphatic carbocycles. The number of hydrogen-bond donors (Lipinski definition) is 1. The molecule has 0 heterocycles. The predicted molar refractivity (Wildman–Crippen MR) is 89.7 cm³/mol. The Hall–Kier alpha value is -1.30. The smallest absolute Gasteiger partial charge is 0.165 e. The summed E-state index contributed by atoms with van der Waals surface area (Å²) in [5, 5.41) is 10.1. The molecule has 0 aliphatic heterocycles. The molecule has 0 saturated carbocycles. The fourth-order valence-corrected chi connectivity index (χ4v) is 2.42. The fraction of sp³-hybridized carbons (Fsp3) is 0.647. The maximum absolute atomic E-state index is 10.1. The lowest BCUT2D eigenvalue weighted by molar-refractivity contribution is 0.0313. The lowest BCUT2D eigenvalue weighted by Crippen LogP contribution is -2.41. The molecule has 0 bridgehead atoms. The minimum Gasteiger partial charge on any atom is -0.493 e. The van der Waals surface area contributed by atoms with Gasteiger partial charge in [-0.1, -0.05) is 12.1 Å². The van der Waals surface area contributed by atoms with Crippen LogP contribution in [0.25, 0.3) is 0 Å². The van der Waals surface area contributed by atoms with Crippen LogP contribution in [-0.4, -0.2) is 68.5 Å². The van der Waals surface area contributed by atoms with Crippen molar-refractivity contribution < 1.29 is 14.6 Å². The van der Waals surface area contributed by atoms with Crippen LogP contribution in [-0.2, 0) is 6.54 Å². The number of para-hydroxylation sites is 1. The molecule has 0 aliphatic rings. The molecule has 1 aromatic rings. The zero-order valence-electron chi connectivity index (χ0n) is 14.7. The van der Waals surface area contributed by atoms with E-state index < -0.39 is 5.60 Å². The van der Waals surface area contributed by atoms with E-state index in [0.29, 0.717) is 13.1 Å². The van der Waals surface area contributed by atoms with Crippen LogP contribution in [0.2, 0.25) is 0 Å². The molecule has 1 N–H and O–H groups in total. The summed E-state index contributed by atoms with van der Waals surface area (Å²) in [4.78, 5) is 4.37. The Morgan fingerprint density at radius 2 is 1.77 bits per heavy atom. The van der Waals surface area contributed by atoms with Gasteiger partial charge in [-0.3, -0.25) is 4.90 Å². The number of methoxy groups -OCH3 is 2. The van der Waals surface area contributed by atoms with Gasteiger partial charge in [0.2, 0.25) is 0 Å². The number of rotatable bonds is 9. The average Bonchev–Trinajstić information content (AvgIpc) is 2.42. The number of likely N-dealkylation sites (N-methyl/N-ethyl adjacent to an activating group) is 1. The summed E-state index contributed by atoms with van der Waals surface area (Å²) < 4.78 is 10.9. The van der Waals surface area contributed by atoms with E-state index >= 15 is 0 Å². The molecule has 0 saturated heterocycles. The molecule has 22 heavy (non-hydrogen) atoms. The van der Waals surface area contributed by atoms with Crippen LogP contribution in [0.5, 0.6) is 11.5 Å². The molecule has 126 valence electrons. The molecular weight excluding hydrogens is 280 g/mol. The maximum atomic E-state index is 10.1. The van der Waals surface area contributed by atoms with Crippen LogP contribution < -0.4 is 9.47 Å². The third-order valence-corrected chi connectivity index (χ3v) is 3.35. The highest BCUT2D eigenvalue weighted by molar-refractivity contribution is 5.46. The van der Waals surface area contributed by atoms with Gasteiger partial charge >= 0.3 is 0 Å². The molecule has 0 amide bonds. The molecule has 0 fully saturated rings. The Kier molecular flexibility index (Phi) is 7.13. The molecule has 5 heteroatoms. The van der Waals surface area contributed by atoms with Crippen molar-refractivity contribution in [1.82, 2.24) is 9.80 Å². The van der Waals surface area contributed by atoms with Gasteiger partial charge in [-0.05, 0) is 34.0 Å². The first-order chi connectivity index (χ1) is 10.3. The Morgan fingerprint density at radius 3 is 2.27 bits per heavy atom. The highest BCUT2D eigenvalue weighted by Gasteiger charge is 2.20. The number of ether oxygens (including phenoxy) is 2. The molecule has 0 spiro atoms. The highest BCUT2D eigenvalue weighted by atomic mass is 16.5. The first kappa shape index (κ1) is 18.7. The lowest BCUT2D eigenvalue weighted by Gasteiger charge is -2.30. The highest BCUT2D eigenvalue weighted by Crippen LogP contribution is 2.31. The van der Waals surface area contributed by atoms with Gasteiger partial charge in [0, 0.05) is 31.7 Å². The van der Waals surface area contributed by atoms with Gasteiger partial charge < -0.3 is 19.5 Å². The summed E-state index contributed by atoms with van der Waals surface area (Å²) in [5.41, 5.74) is 0.322. The Labute approximate surface area is 134 Å². The molecular formula is C17H30N2O3. The van der Waals surface area contributed by atoms with Crippen LogP contribution in [0, 0.1) is 0 Å². The SMILES string of the molecule is COc1cccc(CN(CCN(C)C)CC(C)(C)O)c1OC. The van der Waals surface area contributed by atoms with Crippen LogP contribution in [0.3, 0.4) is 0 Å². The van der Waals surface area contributed by atoms with Gasteiger partial charge in [0.05, 0.1) is 19.8 Å². The molecule has 1 rings (SSSR count). The summed E-state index contributed by atoms with van der Waals surface area (Å²) >= 11 is 0. The predicted octanol–water partition coefficient (Wildman–Crippen LogP) is 1.84. The normalized spacial score (nSPS) is 12.0. The summed E-state index contributed by atoms with van der Waals surface area (Å²) in [6.45, 7) is 6.77. The second-order valence-electron chi connectivity index (χ2n) is 6.48. The van der Waals surface area contributed by atoms with E-state index in [1.807, 2.05) is 46.1 Å². The Balaban J connectivity index is 2.92. The van der Waals surface area contributed by atoms with E-state index in [1.165, 1.54) is 0 Å². The summed E-state index contributed by atoms with van der Waals surface area (Å²) in [7, 11) is 7.40. The minimum atomic E-state index is -0.738. The third-order valence-electron chi connectivity index (χ3n) is 3.35. The van der Waals surface area contributed by atoms with Crippen molar-refractivity contribution in [2.75, 3.05) is 47.9 Å². The van der Waals surface area contributed by atoms with E-state index in [1.54, 1.807) is 14.2 Å². The van der Waals surface area contributed by atoms with Gasteiger partial charge in [0.1, 0.15) is 0 Å². The van der Waals surface area contributed by atoms with Crippen LogP contribution in [0.15, 0.2) is 18.2 Å². The summed E-state index contributed by atoms with van der Waals surface area (Å²) in [5.74, 6) is 1.49. The molecule has 0 radical (unpaired) electrons. The first-order valence-electron chi connectivity index (χ1n) is 7.56. The largest absolute Gasteiger partial charge is 0.493 e. The minimum absolute atomic E-state index is 0.598. The van der Waals surface area contributed by atoms with Crippen LogP contribution in [0.4, 0.5) is 0 Å².